The number of aliphatic hydroxyl groups is 2. The van der Waals surface area contributed by atoms with E-state index < -0.39 is 0 Å². The molecule has 0 aromatic carbocycles. The van der Waals surface area contributed by atoms with Gasteiger partial charge >= 0.3 is 0 Å². The van der Waals surface area contributed by atoms with E-state index in [4.69, 9.17) is 15.9 Å². The minimum atomic E-state index is -0.338. The Bertz CT molecular complexity index is 67.5. The molecule has 0 heterocycles. The molecule has 4 heteroatoms. The summed E-state index contributed by atoms with van der Waals surface area (Å²) < 4.78 is 0. The number of aliphatic hydroxyl groups excluding tert-OH is 2. The molecule has 4 nitrogen and oxygen atoms in total. The summed E-state index contributed by atoms with van der Waals surface area (Å²) in [6.45, 7) is 3.03. The number of likely N-dealkylation sites (N-methyl/N-ethyl adjacent to an activating group) is 1. The highest BCUT2D eigenvalue weighted by Gasteiger charge is 1.81. The van der Waals surface area contributed by atoms with Crippen molar-refractivity contribution in [2.45, 2.75) is 13.0 Å². The number of nitrogens with zero attached hydrogens (tertiary/aromatic N) is 1. The van der Waals surface area contributed by atoms with E-state index in [1.165, 1.54) is 0 Å². The molecule has 0 amide bonds. The highest BCUT2D eigenvalue weighted by atomic mass is 16.3. The molecule has 0 saturated carbocycles. The molecule has 11 heavy (non-hydrogen) atoms. The monoisotopic (exact) mass is 164 g/mol. The van der Waals surface area contributed by atoms with Gasteiger partial charge in [-0.3, -0.25) is 0 Å². The van der Waals surface area contributed by atoms with Crippen LogP contribution in [0, 0.1) is 0 Å². The first-order valence-electron chi connectivity index (χ1n) is 3.68. The molecule has 0 radical (unpaired) electrons. The van der Waals surface area contributed by atoms with E-state index in [-0.39, 0.29) is 12.7 Å². The minimum Gasteiger partial charge on any atom is -0.395 e. The standard InChI is InChI=1S/C4H11NO.C3H9NO/c1-5(2)3-4-6;1-3(5)2-4/h6H,3-4H2,1-2H3;3,5H,2,4H2,1H3. The Kier molecular flexibility index (Phi) is 12.0. The van der Waals surface area contributed by atoms with Crippen LogP contribution in [-0.2, 0) is 0 Å². The van der Waals surface area contributed by atoms with Crippen molar-refractivity contribution in [2.24, 2.45) is 5.73 Å². The van der Waals surface area contributed by atoms with Crippen LogP contribution in [0.2, 0.25) is 0 Å². The fraction of sp³-hybridized carbons (Fsp3) is 1.00. The molecule has 0 saturated heterocycles. The molecule has 1 unspecified atom stereocenters. The minimum absolute atomic E-state index is 0.257. The summed E-state index contributed by atoms with van der Waals surface area (Å²) in [6, 6.07) is 0. The quantitative estimate of drug-likeness (QED) is 0.493. The zero-order valence-electron chi connectivity index (χ0n) is 7.62. The second-order valence-corrected chi connectivity index (χ2v) is 2.61. The van der Waals surface area contributed by atoms with Crippen molar-refractivity contribution in [3.63, 3.8) is 0 Å². The van der Waals surface area contributed by atoms with Crippen LogP contribution in [0.4, 0.5) is 0 Å². The van der Waals surface area contributed by atoms with Gasteiger partial charge in [0.25, 0.3) is 0 Å². The van der Waals surface area contributed by atoms with Gasteiger partial charge < -0.3 is 20.8 Å². The molecule has 70 valence electrons. The normalized spacial score (nSPS) is 12.3. The molecule has 1 atom stereocenters. The molecule has 0 aromatic heterocycles. The Morgan fingerprint density at radius 2 is 1.82 bits per heavy atom. The molecular formula is C7H20N2O2. The summed E-state index contributed by atoms with van der Waals surface area (Å²) in [5, 5.41) is 16.4. The van der Waals surface area contributed by atoms with Gasteiger partial charge in [-0.15, -0.1) is 0 Å². The predicted octanol–water partition coefficient (Wildman–Crippen LogP) is -1.13. The largest absolute Gasteiger partial charge is 0.395 e. The van der Waals surface area contributed by atoms with E-state index in [1.807, 2.05) is 19.0 Å². The van der Waals surface area contributed by atoms with Crippen molar-refractivity contribution in [2.75, 3.05) is 33.8 Å². The first kappa shape index (κ1) is 13.4. The van der Waals surface area contributed by atoms with Crippen LogP contribution in [0.1, 0.15) is 6.92 Å². The Morgan fingerprint density at radius 3 is 1.82 bits per heavy atom. The summed E-state index contributed by atoms with van der Waals surface area (Å²) in [4.78, 5) is 1.93. The maximum Gasteiger partial charge on any atom is 0.0634 e. The van der Waals surface area contributed by atoms with E-state index in [9.17, 15) is 0 Å². The van der Waals surface area contributed by atoms with Gasteiger partial charge in [0, 0.05) is 13.1 Å². The Labute approximate surface area is 68.6 Å². The van der Waals surface area contributed by atoms with Crippen molar-refractivity contribution in [1.82, 2.24) is 4.90 Å². The molecule has 0 spiro atoms. The zero-order valence-corrected chi connectivity index (χ0v) is 7.62. The van der Waals surface area contributed by atoms with Gasteiger partial charge in [0.1, 0.15) is 0 Å². The van der Waals surface area contributed by atoms with Crippen LogP contribution in [-0.4, -0.2) is 55.0 Å². The molecule has 4 N–H and O–H groups in total. The van der Waals surface area contributed by atoms with Gasteiger partial charge in [-0.1, -0.05) is 0 Å². The number of nitrogens with two attached hydrogens (primary N) is 1. The fourth-order valence-corrected chi connectivity index (χ4v) is 0.200. The van der Waals surface area contributed by atoms with Gasteiger partial charge in [-0.05, 0) is 21.0 Å². The van der Waals surface area contributed by atoms with Gasteiger partial charge in [-0.25, -0.2) is 0 Å². The fourth-order valence-electron chi connectivity index (χ4n) is 0.200. The van der Waals surface area contributed by atoms with E-state index >= 15 is 0 Å². The summed E-state index contributed by atoms with van der Waals surface area (Å²) >= 11 is 0. The molecule has 0 aliphatic carbocycles. The van der Waals surface area contributed by atoms with E-state index in [0.717, 1.165) is 6.54 Å². The second-order valence-electron chi connectivity index (χ2n) is 2.61. The molecule has 0 rings (SSSR count). The van der Waals surface area contributed by atoms with Gasteiger partial charge in [-0.2, -0.15) is 0 Å². The molecule has 0 fully saturated rings. The Hall–Kier alpha value is -0.160. The lowest BCUT2D eigenvalue weighted by Gasteiger charge is -2.03. The number of rotatable bonds is 3. The zero-order chi connectivity index (χ0) is 9.28. The van der Waals surface area contributed by atoms with Crippen molar-refractivity contribution in [3.05, 3.63) is 0 Å². The maximum atomic E-state index is 8.24. The smallest absolute Gasteiger partial charge is 0.0634 e. The van der Waals surface area contributed by atoms with Gasteiger partial charge in [0.15, 0.2) is 0 Å². The van der Waals surface area contributed by atoms with Crippen LogP contribution in [0.15, 0.2) is 0 Å². The van der Waals surface area contributed by atoms with Crippen molar-refractivity contribution < 1.29 is 10.2 Å². The lowest BCUT2D eigenvalue weighted by Crippen LogP contribution is -2.15. The third-order valence-corrected chi connectivity index (χ3v) is 0.888. The third kappa shape index (κ3) is 25.8. The van der Waals surface area contributed by atoms with Crippen LogP contribution in [0.25, 0.3) is 0 Å². The van der Waals surface area contributed by atoms with Crippen LogP contribution < -0.4 is 5.73 Å². The Morgan fingerprint density at radius 1 is 1.45 bits per heavy atom. The molecule has 0 aliphatic rings. The lowest BCUT2D eigenvalue weighted by molar-refractivity contribution is 0.203. The van der Waals surface area contributed by atoms with Crippen LogP contribution in [0.3, 0.4) is 0 Å². The van der Waals surface area contributed by atoms with Crippen LogP contribution >= 0.6 is 0 Å². The average molecular weight is 164 g/mol. The third-order valence-electron chi connectivity index (χ3n) is 0.888. The SMILES string of the molecule is CC(O)CN.CN(C)CCO. The average Bonchev–Trinajstić information content (AvgIpc) is 1.89. The molecule has 0 bridgehead atoms. The van der Waals surface area contributed by atoms with E-state index in [1.54, 1.807) is 6.92 Å². The van der Waals surface area contributed by atoms with Crippen molar-refractivity contribution in [1.29, 1.82) is 0 Å². The topological polar surface area (TPSA) is 69.7 Å². The number of hydrogen-bond donors (Lipinski definition) is 3. The van der Waals surface area contributed by atoms with Crippen LogP contribution in [0.5, 0.6) is 0 Å². The molecule has 0 aliphatic heterocycles. The highest BCUT2D eigenvalue weighted by molar-refractivity contribution is 4.40. The van der Waals surface area contributed by atoms with E-state index in [2.05, 4.69) is 0 Å². The second kappa shape index (κ2) is 9.84. The highest BCUT2D eigenvalue weighted by Crippen LogP contribution is 1.66. The number of hydrogen-bond acceptors (Lipinski definition) is 4. The molecular weight excluding hydrogens is 144 g/mol. The van der Waals surface area contributed by atoms with Crippen molar-refractivity contribution in [3.8, 4) is 0 Å². The Balaban J connectivity index is 0. The van der Waals surface area contributed by atoms with Gasteiger partial charge in [0.2, 0.25) is 0 Å². The summed E-state index contributed by atoms with van der Waals surface area (Å²) in [5.41, 5.74) is 4.92. The van der Waals surface area contributed by atoms with Gasteiger partial charge in [0.05, 0.1) is 12.7 Å². The summed E-state index contributed by atoms with van der Waals surface area (Å²) in [7, 11) is 3.85. The lowest BCUT2D eigenvalue weighted by atomic mass is 10.4. The molecule has 0 aromatic rings. The predicted molar refractivity (Wildman–Crippen MR) is 46.4 cm³/mol. The van der Waals surface area contributed by atoms with Crippen molar-refractivity contribution >= 4 is 0 Å². The summed E-state index contributed by atoms with van der Waals surface area (Å²) in [6.07, 6.45) is -0.338. The first-order chi connectivity index (χ1) is 5.04. The first-order valence-corrected chi connectivity index (χ1v) is 3.68. The summed E-state index contributed by atoms with van der Waals surface area (Å²) in [5.74, 6) is 0. The maximum absolute atomic E-state index is 8.24. The van der Waals surface area contributed by atoms with E-state index in [0.29, 0.717) is 6.54 Å².